The normalized spacial score (nSPS) is 10.8. The molecule has 10 heteroatoms. The van der Waals surface area contributed by atoms with E-state index in [4.69, 9.17) is 23.7 Å². The zero-order valence-electron chi connectivity index (χ0n) is 24.3. The fraction of sp³-hybridized carbons (Fsp3) is 0.219. The van der Waals surface area contributed by atoms with E-state index in [0.717, 1.165) is 0 Å². The van der Waals surface area contributed by atoms with Crippen molar-refractivity contribution in [1.29, 1.82) is 0 Å². The van der Waals surface area contributed by atoms with E-state index in [2.05, 4.69) is 19.7 Å². The van der Waals surface area contributed by atoms with E-state index in [1.807, 2.05) is 0 Å². The fourth-order valence-electron chi connectivity index (χ4n) is 2.83. The van der Waals surface area contributed by atoms with Gasteiger partial charge >= 0.3 is 29.8 Å². The van der Waals surface area contributed by atoms with Crippen LogP contribution in [0.2, 0.25) is 0 Å². The largest absolute Gasteiger partial charge is 0.426 e. The minimum Gasteiger partial charge on any atom is -0.426 e. The monoisotopic (exact) mass is 576 g/mol. The van der Waals surface area contributed by atoms with Gasteiger partial charge in [0.1, 0.15) is 28.7 Å². The van der Waals surface area contributed by atoms with E-state index in [0.29, 0.717) is 5.56 Å². The van der Waals surface area contributed by atoms with E-state index < -0.39 is 35.8 Å². The quantitative estimate of drug-likeness (QED) is 0.186. The SMILES string of the molecule is C=C(C)C(=O)Oc1cc(OC(=O)C(=C)C)cc(OC(=O)/C(C)=C/c2cc(OC(=O)C(=C)C)cc(OC(=O)C(C)C)c2)c1. The molecular formula is C32H32O10. The minimum atomic E-state index is -0.819. The van der Waals surface area contributed by atoms with Gasteiger partial charge in [-0.3, -0.25) is 4.79 Å². The molecule has 0 aliphatic heterocycles. The summed E-state index contributed by atoms with van der Waals surface area (Å²) in [4.78, 5) is 61.3. The number of hydrogen-bond donors (Lipinski definition) is 0. The molecule has 10 nitrogen and oxygen atoms in total. The average molecular weight is 577 g/mol. The number of rotatable bonds is 11. The summed E-state index contributed by atoms with van der Waals surface area (Å²) >= 11 is 0. The molecule has 0 aliphatic carbocycles. The molecule has 0 fully saturated rings. The fourth-order valence-corrected chi connectivity index (χ4v) is 2.83. The van der Waals surface area contributed by atoms with E-state index >= 15 is 0 Å². The first-order valence-corrected chi connectivity index (χ1v) is 12.6. The lowest BCUT2D eigenvalue weighted by Gasteiger charge is -2.12. The summed E-state index contributed by atoms with van der Waals surface area (Å²) in [5.41, 5.74) is 0.825. The van der Waals surface area contributed by atoms with Crippen LogP contribution in [0.1, 0.15) is 47.1 Å². The molecule has 220 valence electrons. The van der Waals surface area contributed by atoms with Crippen LogP contribution >= 0.6 is 0 Å². The molecule has 0 N–H and O–H groups in total. The summed E-state index contributed by atoms with van der Waals surface area (Å²) in [6, 6.07) is 8.06. The molecule has 0 aromatic heterocycles. The third kappa shape index (κ3) is 10.1. The zero-order chi connectivity index (χ0) is 31.7. The van der Waals surface area contributed by atoms with E-state index in [9.17, 15) is 24.0 Å². The first-order chi connectivity index (χ1) is 19.5. The summed E-state index contributed by atoms with van der Waals surface area (Å²) in [7, 11) is 0. The van der Waals surface area contributed by atoms with Crippen molar-refractivity contribution in [3.8, 4) is 28.7 Å². The predicted molar refractivity (Wildman–Crippen MR) is 154 cm³/mol. The van der Waals surface area contributed by atoms with E-state index in [1.54, 1.807) is 13.8 Å². The highest BCUT2D eigenvalue weighted by atomic mass is 16.6. The second-order valence-corrected chi connectivity index (χ2v) is 9.68. The Hall–Kier alpha value is -5.25. The molecule has 0 saturated carbocycles. The van der Waals surface area contributed by atoms with Gasteiger partial charge in [-0.2, -0.15) is 0 Å². The lowest BCUT2D eigenvalue weighted by molar-refractivity contribution is -0.138. The van der Waals surface area contributed by atoms with Crippen LogP contribution in [0.3, 0.4) is 0 Å². The van der Waals surface area contributed by atoms with Gasteiger partial charge in [-0.05, 0) is 51.5 Å². The van der Waals surface area contributed by atoms with E-state index in [1.165, 1.54) is 70.2 Å². The van der Waals surface area contributed by atoms with Crippen LogP contribution < -0.4 is 23.7 Å². The Morgan fingerprint density at radius 2 is 0.857 bits per heavy atom. The van der Waals surface area contributed by atoms with Gasteiger partial charge in [-0.1, -0.05) is 33.6 Å². The Bertz CT molecular complexity index is 1460. The first kappa shape index (κ1) is 33.0. The van der Waals surface area contributed by atoms with Gasteiger partial charge in [0.05, 0.1) is 5.92 Å². The lowest BCUT2D eigenvalue weighted by Crippen LogP contribution is -2.15. The number of esters is 5. The molecule has 0 amide bonds. The van der Waals surface area contributed by atoms with Gasteiger partial charge in [-0.25, -0.2) is 19.2 Å². The smallest absolute Gasteiger partial charge is 0.339 e. The van der Waals surface area contributed by atoms with Crippen molar-refractivity contribution in [1.82, 2.24) is 0 Å². The highest BCUT2D eigenvalue weighted by molar-refractivity contribution is 5.95. The van der Waals surface area contributed by atoms with Crippen LogP contribution in [-0.2, 0) is 24.0 Å². The summed E-state index contributed by atoms with van der Waals surface area (Å²) in [6.07, 6.45) is 1.42. The van der Waals surface area contributed by atoms with Crippen molar-refractivity contribution < 1.29 is 47.7 Å². The number of hydrogen-bond acceptors (Lipinski definition) is 10. The third-order valence-corrected chi connectivity index (χ3v) is 5.04. The summed E-state index contributed by atoms with van der Waals surface area (Å²) in [5, 5.41) is 0. The maximum Gasteiger partial charge on any atom is 0.339 e. The van der Waals surface area contributed by atoms with Crippen molar-refractivity contribution in [3.05, 3.63) is 84.0 Å². The number of ether oxygens (including phenoxy) is 5. The van der Waals surface area contributed by atoms with Crippen LogP contribution in [0, 0.1) is 5.92 Å². The van der Waals surface area contributed by atoms with Crippen molar-refractivity contribution in [3.63, 3.8) is 0 Å². The Morgan fingerprint density at radius 1 is 0.548 bits per heavy atom. The van der Waals surface area contributed by atoms with Crippen molar-refractivity contribution in [2.75, 3.05) is 0 Å². The standard InChI is InChI=1S/C32H32O10/c1-17(2)28(33)38-23-11-22(12-24(13-23)39-29(34)18(3)4)10-21(9)32(37)42-27-15-25(40-30(35)19(5)6)14-26(16-27)41-31(36)20(7)8/h10-16,18H,1,5,7H2,2-4,6,8-9H3/b21-10+. The molecular weight excluding hydrogens is 544 g/mol. The Kier molecular flexibility index (Phi) is 11.3. The molecule has 2 aromatic carbocycles. The van der Waals surface area contributed by atoms with Crippen LogP contribution in [0.4, 0.5) is 0 Å². The van der Waals surface area contributed by atoms with Crippen molar-refractivity contribution >= 4 is 35.9 Å². The van der Waals surface area contributed by atoms with Gasteiger partial charge < -0.3 is 23.7 Å². The highest BCUT2D eigenvalue weighted by Gasteiger charge is 2.17. The van der Waals surface area contributed by atoms with Gasteiger partial charge in [0.2, 0.25) is 0 Å². The maximum atomic E-state index is 13.0. The molecule has 0 radical (unpaired) electrons. The molecule has 2 aromatic rings. The maximum absolute atomic E-state index is 13.0. The minimum absolute atomic E-state index is 0.0560. The molecule has 0 saturated heterocycles. The number of carbonyl (C=O) groups is 5. The van der Waals surface area contributed by atoms with Gasteiger partial charge in [0, 0.05) is 46.6 Å². The number of benzene rings is 2. The van der Waals surface area contributed by atoms with Crippen LogP contribution in [-0.4, -0.2) is 29.8 Å². The zero-order valence-corrected chi connectivity index (χ0v) is 24.3. The molecule has 2 rings (SSSR count). The highest BCUT2D eigenvalue weighted by Crippen LogP contribution is 2.30. The summed E-state index contributed by atoms with van der Waals surface area (Å²) in [6.45, 7) is 19.7. The topological polar surface area (TPSA) is 132 Å². The molecule has 0 heterocycles. The molecule has 0 atom stereocenters. The van der Waals surface area contributed by atoms with Crippen LogP contribution in [0.25, 0.3) is 6.08 Å². The van der Waals surface area contributed by atoms with Crippen LogP contribution in [0.15, 0.2) is 78.4 Å². The van der Waals surface area contributed by atoms with Gasteiger partial charge in [0.25, 0.3) is 0 Å². The van der Waals surface area contributed by atoms with E-state index in [-0.39, 0.29) is 51.0 Å². The Morgan fingerprint density at radius 3 is 1.19 bits per heavy atom. The average Bonchev–Trinajstić information content (AvgIpc) is 2.87. The lowest BCUT2D eigenvalue weighted by atomic mass is 10.1. The summed E-state index contributed by atoms with van der Waals surface area (Å²) < 4.78 is 26.5. The molecule has 0 unspecified atom stereocenters. The number of carbonyl (C=O) groups excluding carboxylic acids is 5. The molecule has 42 heavy (non-hydrogen) atoms. The summed E-state index contributed by atoms with van der Waals surface area (Å²) in [5.74, 6) is -4.02. The molecule has 0 aliphatic rings. The van der Waals surface area contributed by atoms with Gasteiger partial charge in [-0.15, -0.1) is 0 Å². The van der Waals surface area contributed by atoms with Crippen molar-refractivity contribution in [2.24, 2.45) is 5.92 Å². The molecule has 0 spiro atoms. The predicted octanol–water partition coefficient (Wildman–Crippen LogP) is 5.70. The Labute approximate surface area is 243 Å². The second kappa shape index (κ2) is 14.4. The first-order valence-electron chi connectivity index (χ1n) is 12.6. The molecule has 0 bridgehead atoms. The van der Waals surface area contributed by atoms with Gasteiger partial charge in [0.15, 0.2) is 0 Å². The second-order valence-electron chi connectivity index (χ2n) is 9.68. The Balaban J connectivity index is 2.42. The third-order valence-electron chi connectivity index (χ3n) is 5.04. The van der Waals surface area contributed by atoms with Crippen LogP contribution in [0.5, 0.6) is 28.7 Å². The van der Waals surface area contributed by atoms with Crippen molar-refractivity contribution in [2.45, 2.75) is 41.5 Å².